The lowest BCUT2D eigenvalue weighted by molar-refractivity contribution is 0.852. The highest BCUT2D eigenvalue weighted by atomic mass is 15.3. The molecule has 72 valence electrons. The van der Waals surface area contributed by atoms with Gasteiger partial charge >= 0.3 is 0 Å². The maximum absolute atomic E-state index is 5.73. The van der Waals surface area contributed by atoms with Gasteiger partial charge in [0, 0.05) is 12.4 Å². The summed E-state index contributed by atoms with van der Waals surface area (Å²) in [7, 11) is 0. The largest absolute Gasteiger partial charge is 0.396 e. The molecule has 0 aliphatic rings. The fourth-order valence-corrected chi connectivity index (χ4v) is 1.32. The van der Waals surface area contributed by atoms with Crippen molar-refractivity contribution in [2.45, 2.75) is 13.8 Å². The fourth-order valence-electron chi connectivity index (χ4n) is 1.32. The first kappa shape index (κ1) is 8.74. The molecular formula is C10H12N4. The van der Waals surface area contributed by atoms with Gasteiger partial charge in [-0.25, -0.2) is 4.68 Å². The number of nitrogen functional groups attached to an aromatic ring is 1. The molecule has 4 nitrogen and oxygen atoms in total. The predicted molar refractivity (Wildman–Crippen MR) is 55.2 cm³/mol. The Balaban J connectivity index is 2.55. The van der Waals surface area contributed by atoms with Crippen molar-refractivity contribution in [3.63, 3.8) is 0 Å². The van der Waals surface area contributed by atoms with Crippen LogP contribution < -0.4 is 5.73 Å². The minimum atomic E-state index is 0.709. The number of nitrogens with zero attached hydrogens (tertiary/aromatic N) is 3. The van der Waals surface area contributed by atoms with Crippen LogP contribution in [-0.2, 0) is 0 Å². The Morgan fingerprint density at radius 2 is 2.14 bits per heavy atom. The SMILES string of the molecule is Cc1cnccc1-n1cc(N)c(C)n1. The topological polar surface area (TPSA) is 56.7 Å². The average molecular weight is 188 g/mol. The Morgan fingerprint density at radius 1 is 1.36 bits per heavy atom. The molecule has 0 saturated heterocycles. The summed E-state index contributed by atoms with van der Waals surface area (Å²) >= 11 is 0. The first-order valence-corrected chi connectivity index (χ1v) is 4.41. The molecule has 0 radical (unpaired) electrons. The summed E-state index contributed by atoms with van der Waals surface area (Å²) in [5.74, 6) is 0. The van der Waals surface area contributed by atoms with E-state index in [-0.39, 0.29) is 0 Å². The molecule has 0 atom stereocenters. The van der Waals surface area contributed by atoms with E-state index in [0.717, 1.165) is 16.9 Å². The van der Waals surface area contributed by atoms with Crippen LogP contribution in [0.5, 0.6) is 0 Å². The second-order valence-electron chi connectivity index (χ2n) is 3.28. The quantitative estimate of drug-likeness (QED) is 0.737. The number of pyridine rings is 1. The number of aryl methyl sites for hydroxylation is 2. The van der Waals surface area contributed by atoms with E-state index < -0.39 is 0 Å². The lowest BCUT2D eigenvalue weighted by Gasteiger charge is -2.03. The second kappa shape index (κ2) is 3.14. The molecule has 0 bridgehead atoms. The number of aromatic nitrogens is 3. The molecule has 2 aromatic rings. The van der Waals surface area contributed by atoms with Gasteiger partial charge in [0.2, 0.25) is 0 Å². The number of anilines is 1. The minimum absolute atomic E-state index is 0.709. The number of hydrogen-bond donors (Lipinski definition) is 1. The molecule has 4 heteroatoms. The van der Waals surface area contributed by atoms with Gasteiger partial charge in [-0.05, 0) is 25.5 Å². The Labute approximate surface area is 82.4 Å². The van der Waals surface area contributed by atoms with Crippen molar-refractivity contribution >= 4 is 5.69 Å². The van der Waals surface area contributed by atoms with E-state index in [4.69, 9.17) is 5.73 Å². The summed E-state index contributed by atoms with van der Waals surface area (Å²) in [6.45, 7) is 3.89. The zero-order valence-corrected chi connectivity index (χ0v) is 8.23. The van der Waals surface area contributed by atoms with Gasteiger partial charge in [0.1, 0.15) is 0 Å². The van der Waals surface area contributed by atoms with Crippen molar-refractivity contribution in [1.29, 1.82) is 0 Å². The normalized spacial score (nSPS) is 10.4. The maximum atomic E-state index is 5.73. The zero-order chi connectivity index (χ0) is 10.1. The highest BCUT2D eigenvalue weighted by Gasteiger charge is 2.04. The molecule has 0 aliphatic heterocycles. The van der Waals surface area contributed by atoms with Crippen LogP contribution in [0.1, 0.15) is 11.3 Å². The Morgan fingerprint density at radius 3 is 2.71 bits per heavy atom. The van der Waals surface area contributed by atoms with Gasteiger partial charge in [-0.2, -0.15) is 5.10 Å². The van der Waals surface area contributed by atoms with E-state index in [2.05, 4.69) is 10.1 Å². The molecular weight excluding hydrogens is 176 g/mol. The summed E-state index contributed by atoms with van der Waals surface area (Å²) in [5.41, 5.74) is 9.38. The van der Waals surface area contributed by atoms with E-state index in [1.807, 2.05) is 32.3 Å². The monoisotopic (exact) mass is 188 g/mol. The second-order valence-corrected chi connectivity index (χ2v) is 3.28. The average Bonchev–Trinajstić information content (AvgIpc) is 2.48. The third kappa shape index (κ3) is 1.35. The van der Waals surface area contributed by atoms with Crippen molar-refractivity contribution in [3.8, 4) is 5.69 Å². The highest BCUT2D eigenvalue weighted by Crippen LogP contribution is 2.15. The molecule has 0 aliphatic carbocycles. The van der Waals surface area contributed by atoms with E-state index in [1.54, 1.807) is 10.9 Å². The molecule has 2 rings (SSSR count). The number of nitrogens with two attached hydrogens (primary N) is 1. The van der Waals surface area contributed by atoms with Crippen LogP contribution in [-0.4, -0.2) is 14.8 Å². The van der Waals surface area contributed by atoms with E-state index >= 15 is 0 Å². The van der Waals surface area contributed by atoms with E-state index in [0.29, 0.717) is 5.69 Å². The first-order valence-electron chi connectivity index (χ1n) is 4.41. The number of hydrogen-bond acceptors (Lipinski definition) is 3. The first-order chi connectivity index (χ1) is 6.68. The molecule has 0 saturated carbocycles. The van der Waals surface area contributed by atoms with Crippen LogP contribution in [0.3, 0.4) is 0 Å². The Hall–Kier alpha value is -1.84. The van der Waals surface area contributed by atoms with Crippen LogP contribution in [0.25, 0.3) is 5.69 Å². The maximum Gasteiger partial charge on any atom is 0.0827 e. The van der Waals surface area contributed by atoms with Gasteiger partial charge in [-0.1, -0.05) is 0 Å². The molecule has 0 amide bonds. The molecule has 0 aromatic carbocycles. The molecule has 2 aromatic heterocycles. The summed E-state index contributed by atoms with van der Waals surface area (Å²) in [6, 6.07) is 1.92. The van der Waals surface area contributed by atoms with E-state index in [1.165, 1.54) is 0 Å². The molecule has 2 N–H and O–H groups in total. The minimum Gasteiger partial charge on any atom is -0.396 e. The lowest BCUT2D eigenvalue weighted by Crippen LogP contribution is -1.97. The molecule has 2 heterocycles. The smallest absolute Gasteiger partial charge is 0.0827 e. The van der Waals surface area contributed by atoms with Gasteiger partial charge in [0.15, 0.2) is 0 Å². The van der Waals surface area contributed by atoms with Crippen molar-refractivity contribution < 1.29 is 0 Å². The standard InChI is InChI=1S/C10H12N4/c1-7-5-12-4-3-10(7)14-6-9(11)8(2)13-14/h3-6H,11H2,1-2H3. The van der Waals surface area contributed by atoms with Gasteiger partial charge < -0.3 is 5.73 Å². The fraction of sp³-hybridized carbons (Fsp3) is 0.200. The lowest BCUT2D eigenvalue weighted by atomic mass is 10.3. The van der Waals surface area contributed by atoms with Gasteiger partial charge in [-0.3, -0.25) is 4.98 Å². The third-order valence-electron chi connectivity index (χ3n) is 2.17. The summed E-state index contributed by atoms with van der Waals surface area (Å²) in [5, 5.41) is 4.31. The van der Waals surface area contributed by atoms with Gasteiger partial charge in [0.25, 0.3) is 0 Å². The van der Waals surface area contributed by atoms with Crippen LogP contribution >= 0.6 is 0 Å². The highest BCUT2D eigenvalue weighted by molar-refractivity contribution is 5.45. The van der Waals surface area contributed by atoms with Crippen LogP contribution in [0.2, 0.25) is 0 Å². The molecule has 0 fully saturated rings. The summed E-state index contributed by atoms with van der Waals surface area (Å²) in [4.78, 5) is 4.03. The van der Waals surface area contributed by atoms with Crippen molar-refractivity contribution in [1.82, 2.24) is 14.8 Å². The summed E-state index contributed by atoms with van der Waals surface area (Å²) < 4.78 is 1.78. The predicted octanol–water partition coefficient (Wildman–Crippen LogP) is 1.47. The van der Waals surface area contributed by atoms with Crippen molar-refractivity contribution in [2.24, 2.45) is 0 Å². The molecule has 0 unspecified atom stereocenters. The number of rotatable bonds is 1. The Kier molecular flexibility index (Phi) is 1.96. The van der Waals surface area contributed by atoms with Crippen molar-refractivity contribution in [2.75, 3.05) is 5.73 Å². The third-order valence-corrected chi connectivity index (χ3v) is 2.17. The molecule has 0 spiro atoms. The summed E-state index contributed by atoms with van der Waals surface area (Å²) in [6.07, 6.45) is 5.37. The zero-order valence-electron chi connectivity index (χ0n) is 8.23. The Bertz CT molecular complexity index is 439. The molecule has 14 heavy (non-hydrogen) atoms. The van der Waals surface area contributed by atoms with Crippen molar-refractivity contribution in [3.05, 3.63) is 35.9 Å². The van der Waals surface area contributed by atoms with E-state index in [9.17, 15) is 0 Å². The van der Waals surface area contributed by atoms with Gasteiger partial charge in [-0.15, -0.1) is 0 Å². The van der Waals surface area contributed by atoms with Crippen LogP contribution in [0, 0.1) is 13.8 Å². The van der Waals surface area contributed by atoms with Crippen LogP contribution in [0.15, 0.2) is 24.7 Å². The van der Waals surface area contributed by atoms with Gasteiger partial charge in [0.05, 0.1) is 23.3 Å². The van der Waals surface area contributed by atoms with Crippen LogP contribution in [0.4, 0.5) is 5.69 Å².